The second-order valence-corrected chi connectivity index (χ2v) is 6.34. The van der Waals surface area contributed by atoms with Crippen molar-refractivity contribution in [2.45, 2.75) is 23.9 Å². The predicted octanol–water partition coefficient (Wildman–Crippen LogP) is 2.50. The van der Waals surface area contributed by atoms with Gasteiger partial charge in [-0.25, -0.2) is 4.98 Å². The lowest BCUT2D eigenvalue weighted by Crippen LogP contribution is -2.32. The molecule has 1 fully saturated rings. The summed E-state index contributed by atoms with van der Waals surface area (Å²) in [5.74, 6) is -2.46. The Morgan fingerprint density at radius 2 is 2.30 bits per heavy atom. The molecule has 23 heavy (non-hydrogen) atoms. The quantitative estimate of drug-likeness (QED) is 0.820. The number of benzene rings is 1. The van der Waals surface area contributed by atoms with Crippen molar-refractivity contribution < 1.29 is 18.3 Å². The van der Waals surface area contributed by atoms with E-state index in [1.54, 1.807) is 24.3 Å². The molecular formula is C15H17F2N3O2S. The lowest BCUT2D eigenvalue weighted by Gasteiger charge is -2.11. The van der Waals surface area contributed by atoms with Crippen LogP contribution in [0.5, 0.6) is 0 Å². The van der Waals surface area contributed by atoms with Crippen molar-refractivity contribution in [1.82, 2.24) is 14.9 Å². The van der Waals surface area contributed by atoms with E-state index in [0.717, 1.165) is 13.0 Å². The van der Waals surface area contributed by atoms with Crippen molar-refractivity contribution >= 4 is 28.7 Å². The summed E-state index contributed by atoms with van der Waals surface area (Å²) in [5, 5.41) is 3.00. The van der Waals surface area contributed by atoms with E-state index in [9.17, 15) is 13.6 Å². The standard InChI is InChI=1S/C15H17F2N3O2S/c16-14(17)23-15-19-11-3-1-2-4-12(11)20(15)8-13(21)18-7-10-5-6-22-9-10/h1-4,10,14H,5-9H2,(H,18,21)/t10-/m1/s1. The fraction of sp³-hybridized carbons (Fsp3) is 0.467. The van der Waals surface area contributed by atoms with Crippen molar-refractivity contribution in [2.75, 3.05) is 19.8 Å². The van der Waals surface area contributed by atoms with Gasteiger partial charge in [-0.15, -0.1) is 0 Å². The van der Waals surface area contributed by atoms with E-state index in [4.69, 9.17) is 4.74 Å². The number of nitrogens with one attached hydrogen (secondary N) is 1. The summed E-state index contributed by atoms with van der Waals surface area (Å²) in [6.45, 7) is 1.90. The summed E-state index contributed by atoms with van der Waals surface area (Å²) in [5.41, 5.74) is 1.28. The van der Waals surface area contributed by atoms with Crippen LogP contribution >= 0.6 is 11.8 Å². The number of fused-ring (bicyclic) bond motifs is 1. The largest absolute Gasteiger partial charge is 0.381 e. The van der Waals surface area contributed by atoms with Crippen LogP contribution in [0.4, 0.5) is 8.78 Å². The number of nitrogens with zero attached hydrogens (tertiary/aromatic N) is 2. The Morgan fingerprint density at radius 1 is 1.48 bits per heavy atom. The van der Waals surface area contributed by atoms with Crippen LogP contribution in [0, 0.1) is 5.92 Å². The highest BCUT2D eigenvalue weighted by molar-refractivity contribution is 7.99. The number of hydrogen-bond donors (Lipinski definition) is 1. The molecular weight excluding hydrogens is 324 g/mol. The fourth-order valence-electron chi connectivity index (χ4n) is 2.58. The summed E-state index contributed by atoms with van der Waals surface area (Å²) in [6.07, 6.45) is 0.931. The molecule has 2 aromatic rings. The van der Waals surface area contributed by atoms with Gasteiger partial charge in [-0.05, 0) is 30.3 Å². The van der Waals surface area contributed by atoms with Crippen LogP contribution in [0.2, 0.25) is 0 Å². The third-order valence-corrected chi connectivity index (χ3v) is 4.43. The Labute approximate surface area is 136 Å². The van der Waals surface area contributed by atoms with E-state index in [0.29, 0.717) is 41.9 Å². The maximum absolute atomic E-state index is 12.7. The summed E-state index contributed by atoms with van der Waals surface area (Å²) in [6, 6.07) is 7.10. The Bertz CT molecular complexity index is 686. The number of imidazole rings is 1. The monoisotopic (exact) mass is 341 g/mol. The van der Waals surface area contributed by atoms with Crippen LogP contribution in [0.1, 0.15) is 6.42 Å². The molecule has 1 aromatic carbocycles. The number of ether oxygens (including phenoxy) is 1. The molecule has 3 rings (SSSR count). The van der Waals surface area contributed by atoms with Crippen molar-refractivity contribution in [3.63, 3.8) is 0 Å². The third kappa shape index (κ3) is 4.00. The Kier molecular flexibility index (Phi) is 5.12. The number of carbonyl (C=O) groups is 1. The lowest BCUT2D eigenvalue weighted by molar-refractivity contribution is -0.121. The SMILES string of the molecule is O=C(Cn1c(SC(F)F)nc2ccccc21)NC[C@H]1CCOC1. The normalized spacial score (nSPS) is 18.0. The summed E-state index contributed by atoms with van der Waals surface area (Å²) in [7, 11) is 0. The average molecular weight is 341 g/mol. The maximum atomic E-state index is 12.7. The lowest BCUT2D eigenvalue weighted by atomic mass is 10.1. The number of halogens is 2. The van der Waals surface area contributed by atoms with Crippen molar-refractivity contribution in [3.05, 3.63) is 24.3 Å². The van der Waals surface area contributed by atoms with Gasteiger partial charge in [0.05, 0.1) is 17.6 Å². The Balaban J connectivity index is 1.73. The highest BCUT2D eigenvalue weighted by Gasteiger charge is 2.19. The summed E-state index contributed by atoms with van der Waals surface area (Å²) < 4.78 is 32.2. The fourth-order valence-corrected chi connectivity index (χ4v) is 3.18. The molecule has 1 saturated heterocycles. The molecule has 1 aliphatic heterocycles. The van der Waals surface area contributed by atoms with Crippen molar-refractivity contribution in [1.29, 1.82) is 0 Å². The van der Waals surface area contributed by atoms with Gasteiger partial charge in [0.25, 0.3) is 5.76 Å². The zero-order chi connectivity index (χ0) is 16.2. The van der Waals surface area contributed by atoms with Gasteiger partial charge in [0.2, 0.25) is 5.91 Å². The van der Waals surface area contributed by atoms with Crippen molar-refractivity contribution in [2.24, 2.45) is 5.92 Å². The van der Waals surface area contributed by atoms with Crippen LogP contribution in [-0.4, -0.2) is 41.0 Å². The van der Waals surface area contributed by atoms with Crippen LogP contribution in [0.25, 0.3) is 11.0 Å². The van der Waals surface area contributed by atoms with Gasteiger partial charge in [0, 0.05) is 19.1 Å². The molecule has 0 spiro atoms. The number of rotatable bonds is 6. The van der Waals surface area contributed by atoms with Crippen LogP contribution in [0.3, 0.4) is 0 Å². The van der Waals surface area contributed by atoms with Gasteiger partial charge in [-0.3, -0.25) is 4.79 Å². The first-order chi connectivity index (χ1) is 11.1. The molecule has 0 saturated carbocycles. The number of aromatic nitrogens is 2. The first kappa shape index (κ1) is 16.2. The highest BCUT2D eigenvalue weighted by atomic mass is 32.2. The van der Waals surface area contributed by atoms with Crippen molar-refractivity contribution in [3.8, 4) is 0 Å². The van der Waals surface area contributed by atoms with Gasteiger partial charge in [-0.1, -0.05) is 12.1 Å². The zero-order valence-corrected chi connectivity index (χ0v) is 13.2. The van der Waals surface area contributed by atoms with E-state index in [2.05, 4.69) is 10.3 Å². The molecule has 1 aliphatic rings. The predicted molar refractivity (Wildman–Crippen MR) is 83.5 cm³/mol. The molecule has 5 nitrogen and oxygen atoms in total. The molecule has 1 N–H and O–H groups in total. The number of hydrogen-bond acceptors (Lipinski definition) is 4. The molecule has 1 aromatic heterocycles. The number of carbonyl (C=O) groups excluding carboxylic acids is 1. The van der Waals surface area contributed by atoms with Crippen LogP contribution in [-0.2, 0) is 16.1 Å². The second-order valence-electron chi connectivity index (χ2n) is 5.38. The molecule has 0 bridgehead atoms. The van der Waals surface area contributed by atoms with Gasteiger partial charge >= 0.3 is 0 Å². The number of thioether (sulfide) groups is 1. The van der Waals surface area contributed by atoms with Crippen LogP contribution < -0.4 is 5.32 Å². The van der Waals surface area contributed by atoms with Gasteiger partial charge in [0.15, 0.2) is 5.16 Å². The minimum Gasteiger partial charge on any atom is -0.381 e. The second kappa shape index (κ2) is 7.27. The maximum Gasteiger partial charge on any atom is 0.291 e. The first-order valence-electron chi connectivity index (χ1n) is 7.38. The van der Waals surface area contributed by atoms with Crippen LogP contribution in [0.15, 0.2) is 29.4 Å². The zero-order valence-electron chi connectivity index (χ0n) is 12.4. The Hall–Kier alpha value is -1.67. The molecule has 124 valence electrons. The molecule has 0 radical (unpaired) electrons. The first-order valence-corrected chi connectivity index (χ1v) is 8.26. The smallest absolute Gasteiger partial charge is 0.291 e. The third-order valence-electron chi connectivity index (χ3n) is 3.73. The molecule has 2 heterocycles. The van der Waals surface area contributed by atoms with Gasteiger partial charge in [-0.2, -0.15) is 8.78 Å². The number of amides is 1. The average Bonchev–Trinajstić information content (AvgIpc) is 3.14. The van der Waals surface area contributed by atoms with E-state index in [1.165, 1.54) is 4.57 Å². The van der Waals surface area contributed by atoms with E-state index in [-0.39, 0.29) is 17.6 Å². The molecule has 0 aliphatic carbocycles. The highest BCUT2D eigenvalue weighted by Crippen LogP contribution is 2.28. The molecule has 1 atom stereocenters. The van der Waals surface area contributed by atoms with Gasteiger partial charge in [0.1, 0.15) is 6.54 Å². The molecule has 1 amide bonds. The summed E-state index contributed by atoms with van der Waals surface area (Å²) >= 11 is 0.355. The minimum absolute atomic E-state index is 0.0247. The van der Waals surface area contributed by atoms with E-state index >= 15 is 0 Å². The minimum atomic E-state index is -2.58. The molecule has 0 unspecified atom stereocenters. The molecule has 8 heteroatoms. The summed E-state index contributed by atoms with van der Waals surface area (Å²) in [4.78, 5) is 16.3. The van der Waals surface area contributed by atoms with E-state index < -0.39 is 5.76 Å². The Morgan fingerprint density at radius 3 is 3.04 bits per heavy atom. The van der Waals surface area contributed by atoms with Gasteiger partial charge < -0.3 is 14.6 Å². The number of para-hydroxylation sites is 2. The topological polar surface area (TPSA) is 56.2 Å². The van der Waals surface area contributed by atoms with E-state index in [1.807, 2.05) is 0 Å². The number of alkyl halides is 2.